The standard InChI is InChI=1S/C15H22ClN3/c1-15(2,10-12-5-3-6-13(16)9-12)11-19-14-17-7-4-8-18-14/h3,5-6,9H,4,7-8,10-11H2,1-2H3,(H2,17,18,19). The first-order valence-corrected chi connectivity index (χ1v) is 7.20. The maximum atomic E-state index is 6.03. The molecular formula is C15H22ClN3. The second kappa shape index (κ2) is 6.29. The summed E-state index contributed by atoms with van der Waals surface area (Å²) in [5.41, 5.74) is 1.43. The Morgan fingerprint density at radius 1 is 1.42 bits per heavy atom. The number of nitrogens with one attached hydrogen (secondary N) is 2. The lowest BCUT2D eigenvalue weighted by molar-refractivity contribution is 0.358. The summed E-state index contributed by atoms with van der Waals surface area (Å²) in [6, 6.07) is 8.09. The van der Waals surface area contributed by atoms with E-state index < -0.39 is 0 Å². The van der Waals surface area contributed by atoms with Gasteiger partial charge in [0.05, 0.1) is 0 Å². The molecule has 1 aromatic rings. The second-order valence-electron chi connectivity index (χ2n) is 5.84. The van der Waals surface area contributed by atoms with E-state index in [4.69, 9.17) is 11.6 Å². The zero-order valence-corrected chi connectivity index (χ0v) is 12.4. The Hall–Kier alpha value is -1.22. The molecule has 2 rings (SSSR count). The minimum absolute atomic E-state index is 0.159. The van der Waals surface area contributed by atoms with Gasteiger partial charge in [0.25, 0.3) is 0 Å². The highest BCUT2D eigenvalue weighted by molar-refractivity contribution is 6.30. The van der Waals surface area contributed by atoms with Crippen LogP contribution in [0.5, 0.6) is 0 Å². The van der Waals surface area contributed by atoms with Crippen molar-refractivity contribution in [2.45, 2.75) is 26.7 Å². The molecule has 0 unspecified atom stereocenters. The lowest BCUT2D eigenvalue weighted by atomic mass is 9.86. The Labute approximate surface area is 120 Å². The van der Waals surface area contributed by atoms with Crippen LogP contribution in [0.4, 0.5) is 0 Å². The summed E-state index contributed by atoms with van der Waals surface area (Å²) in [5, 5.41) is 7.49. The van der Waals surface area contributed by atoms with Gasteiger partial charge in [0, 0.05) is 24.7 Å². The van der Waals surface area contributed by atoms with E-state index in [0.29, 0.717) is 0 Å². The van der Waals surface area contributed by atoms with Crippen LogP contribution in [0.15, 0.2) is 29.3 Å². The van der Waals surface area contributed by atoms with Crippen molar-refractivity contribution < 1.29 is 0 Å². The van der Waals surface area contributed by atoms with E-state index in [1.54, 1.807) is 0 Å². The Morgan fingerprint density at radius 3 is 2.95 bits per heavy atom. The number of nitrogens with zero attached hydrogens (tertiary/aromatic N) is 1. The van der Waals surface area contributed by atoms with Crippen LogP contribution in [-0.4, -0.2) is 25.6 Å². The summed E-state index contributed by atoms with van der Waals surface area (Å²) >= 11 is 6.03. The molecule has 2 N–H and O–H groups in total. The SMILES string of the molecule is CC(C)(CNC1=NCCCN1)Cc1cccc(Cl)c1. The van der Waals surface area contributed by atoms with Gasteiger partial charge in [-0.15, -0.1) is 0 Å². The number of benzene rings is 1. The van der Waals surface area contributed by atoms with Gasteiger partial charge in [0.1, 0.15) is 0 Å². The van der Waals surface area contributed by atoms with Crippen molar-refractivity contribution in [2.75, 3.05) is 19.6 Å². The zero-order valence-electron chi connectivity index (χ0n) is 11.7. The van der Waals surface area contributed by atoms with E-state index in [9.17, 15) is 0 Å². The summed E-state index contributed by atoms with van der Waals surface area (Å²) in [6.07, 6.45) is 2.12. The summed E-state index contributed by atoms with van der Waals surface area (Å²) in [5.74, 6) is 0.936. The Balaban J connectivity index is 1.89. The summed E-state index contributed by atoms with van der Waals surface area (Å²) in [4.78, 5) is 4.43. The number of rotatable bonds is 4. The van der Waals surface area contributed by atoms with Gasteiger partial charge in [-0.1, -0.05) is 37.6 Å². The first-order chi connectivity index (χ1) is 9.05. The molecule has 0 fully saturated rings. The molecule has 0 aliphatic carbocycles. The molecule has 104 valence electrons. The van der Waals surface area contributed by atoms with Crippen LogP contribution < -0.4 is 10.6 Å². The zero-order chi connectivity index (χ0) is 13.7. The van der Waals surface area contributed by atoms with Gasteiger partial charge < -0.3 is 10.6 Å². The van der Waals surface area contributed by atoms with E-state index >= 15 is 0 Å². The van der Waals surface area contributed by atoms with Crippen LogP contribution in [0.1, 0.15) is 25.8 Å². The lowest BCUT2D eigenvalue weighted by Crippen LogP contribution is -2.44. The van der Waals surface area contributed by atoms with Gasteiger partial charge in [0.2, 0.25) is 0 Å². The van der Waals surface area contributed by atoms with Crippen LogP contribution in [0.3, 0.4) is 0 Å². The fourth-order valence-electron chi connectivity index (χ4n) is 2.24. The predicted octanol–water partition coefficient (Wildman–Crippen LogP) is 2.85. The molecule has 19 heavy (non-hydrogen) atoms. The molecule has 0 spiro atoms. The molecular weight excluding hydrogens is 258 g/mol. The van der Waals surface area contributed by atoms with Gasteiger partial charge in [0.15, 0.2) is 5.96 Å². The van der Waals surface area contributed by atoms with Crippen molar-refractivity contribution in [3.05, 3.63) is 34.9 Å². The molecule has 1 aliphatic heterocycles. The van der Waals surface area contributed by atoms with E-state index in [1.807, 2.05) is 18.2 Å². The third-order valence-corrected chi connectivity index (χ3v) is 3.44. The molecule has 3 nitrogen and oxygen atoms in total. The largest absolute Gasteiger partial charge is 0.356 e. The molecule has 1 heterocycles. The third-order valence-electron chi connectivity index (χ3n) is 3.20. The number of guanidine groups is 1. The first-order valence-electron chi connectivity index (χ1n) is 6.82. The fourth-order valence-corrected chi connectivity index (χ4v) is 2.45. The molecule has 0 amide bonds. The molecule has 1 aliphatic rings. The number of aliphatic imine (C=N–C) groups is 1. The van der Waals surface area contributed by atoms with Crippen LogP contribution in [0, 0.1) is 5.41 Å². The average Bonchev–Trinajstić information content (AvgIpc) is 2.37. The molecule has 0 saturated heterocycles. The fraction of sp³-hybridized carbons (Fsp3) is 0.533. The van der Waals surface area contributed by atoms with Crippen molar-refractivity contribution >= 4 is 17.6 Å². The second-order valence-corrected chi connectivity index (χ2v) is 6.27. The Morgan fingerprint density at radius 2 is 2.26 bits per heavy atom. The van der Waals surface area contributed by atoms with Crippen molar-refractivity contribution in [3.63, 3.8) is 0 Å². The van der Waals surface area contributed by atoms with Crippen molar-refractivity contribution in [2.24, 2.45) is 10.4 Å². The molecule has 0 aromatic heterocycles. The Kier molecular flexibility index (Phi) is 4.70. The highest BCUT2D eigenvalue weighted by Gasteiger charge is 2.19. The molecule has 0 atom stereocenters. The number of hydrogen-bond donors (Lipinski definition) is 2. The lowest BCUT2D eigenvalue weighted by Gasteiger charge is -2.27. The molecule has 4 heteroatoms. The third kappa shape index (κ3) is 4.75. The minimum atomic E-state index is 0.159. The van der Waals surface area contributed by atoms with Gasteiger partial charge >= 0.3 is 0 Å². The topological polar surface area (TPSA) is 36.4 Å². The number of hydrogen-bond acceptors (Lipinski definition) is 3. The van der Waals surface area contributed by atoms with Crippen LogP contribution >= 0.6 is 11.6 Å². The minimum Gasteiger partial charge on any atom is -0.356 e. The van der Waals surface area contributed by atoms with E-state index in [-0.39, 0.29) is 5.41 Å². The molecule has 0 bridgehead atoms. The smallest absolute Gasteiger partial charge is 0.191 e. The van der Waals surface area contributed by atoms with Crippen molar-refractivity contribution in [1.29, 1.82) is 0 Å². The van der Waals surface area contributed by atoms with Gasteiger partial charge in [-0.2, -0.15) is 0 Å². The predicted molar refractivity (Wildman–Crippen MR) is 81.9 cm³/mol. The van der Waals surface area contributed by atoms with Crippen LogP contribution in [-0.2, 0) is 6.42 Å². The van der Waals surface area contributed by atoms with Crippen molar-refractivity contribution in [1.82, 2.24) is 10.6 Å². The number of halogens is 1. The Bertz CT molecular complexity index is 454. The maximum absolute atomic E-state index is 6.03. The van der Waals surface area contributed by atoms with E-state index in [0.717, 1.165) is 43.5 Å². The highest BCUT2D eigenvalue weighted by atomic mass is 35.5. The highest BCUT2D eigenvalue weighted by Crippen LogP contribution is 2.22. The normalized spacial score (nSPS) is 15.6. The molecule has 0 saturated carbocycles. The molecule has 0 radical (unpaired) electrons. The summed E-state index contributed by atoms with van der Waals surface area (Å²) < 4.78 is 0. The van der Waals surface area contributed by atoms with Gasteiger partial charge in [-0.25, -0.2) is 0 Å². The van der Waals surface area contributed by atoms with Gasteiger partial charge in [-0.3, -0.25) is 4.99 Å². The molecule has 1 aromatic carbocycles. The quantitative estimate of drug-likeness (QED) is 0.889. The summed E-state index contributed by atoms with van der Waals surface area (Å²) in [7, 11) is 0. The van der Waals surface area contributed by atoms with Gasteiger partial charge in [-0.05, 0) is 36.0 Å². The van der Waals surface area contributed by atoms with Crippen LogP contribution in [0.25, 0.3) is 0 Å². The van der Waals surface area contributed by atoms with E-state index in [2.05, 4.69) is 35.5 Å². The van der Waals surface area contributed by atoms with Crippen molar-refractivity contribution in [3.8, 4) is 0 Å². The van der Waals surface area contributed by atoms with E-state index in [1.165, 1.54) is 5.56 Å². The van der Waals surface area contributed by atoms with Crippen LogP contribution in [0.2, 0.25) is 5.02 Å². The monoisotopic (exact) mass is 279 g/mol. The maximum Gasteiger partial charge on any atom is 0.191 e. The summed E-state index contributed by atoms with van der Waals surface area (Å²) in [6.45, 7) is 7.34. The average molecular weight is 280 g/mol. The first kappa shape index (κ1) is 14.2.